The first-order valence-corrected chi connectivity index (χ1v) is 7.11. The number of carbonyl (C=O) groups excluding carboxylic acids is 1. The first-order chi connectivity index (χ1) is 9.94. The van der Waals surface area contributed by atoms with Crippen molar-refractivity contribution in [1.82, 2.24) is 15.3 Å². The molecule has 0 aromatic carbocycles. The number of nitrogens with zero attached hydrogens (tertiary/aromatic N) is 2. The molecule has 2 aromatic heterocycles. The highest BCUT2D eigenvalue weighted by molar-refractivity contribution is 5.92. The Bertz CT molecular complexity index is 661. The van der Waals surface area contributed by atoms with Crippen LogP contribution < -0.4 is 5.32 Å². The van der Waals surface area contributed by atoms with Gasteiger partial charge in [0.05, 0.1) is 12.2 Å². The molecule has 110 valence electrons. The number of fused-ring (bicyclic) bond motifs is 1. The fraction of sp³-hybridized carbons (Fsp3) is 0.438. The maximum absolute atomic E-state index is 12.3. The monoisotopic (exact) mass is 285 g/mol. The fourth-order valence-electron chi connectivity index (χ4n) is 2.96. The van der Waals surface area contributed by atoms with E-state index in [0.717, 1.165) is 29.9 Å². The van der Waals surface area contributed by atoms with Crippen molar-refractivity contribution in [2.75, 3.05) is 0 Å². The van der Waals surface area contributed by atoms with Crippen LogP contribution in [-0.2, 0) is 6.42 Å². The van der Waals surface area contributed by atoms with Crippen LogP contribution in [0.5, 0.6) is 0 Å². The summed E-state index contributed by atoms with van der Waals surface area (Å²) in [4.78, 5) is 20.3. The molecule has 1 amide bonds. The minimum absolute atomic E-state index is 0.0456. The number of aryl methyl sites for hydroxylation is 1. The van der Waals surface area contributed by atoms with Gasteiger partial charge < -0.3 is 9.73 Å². The molecule has 0 fully saturated rings. The van der Waals surface area contributed by atoms with Crippen molar-refractivity contribution in [2.45, 2.75) is 39.7 Å². The Morgan fingerprint density at radius 1 is 1.43 bits per heavy atom. The van der Waals surface area contributed by atoms with Gasteiger partial charge in [-0.1, -0.05) is 13.8 Å². The first kappa shape index (κ1) is 13.8. The third-order valence-electron chi connectivity index (χ3n) is 3.84. The second kappa shape index (κ2) is 4.98. The van der Waals surface area contributed by atoms with Gasteiger partial charge in [-0.3, -0.25) is 9.78 Å². The Hall–Kier alpha value is -2.17. The molecule has 1 atom stereocenters. The smallest absolute Gasteiger partial charge is 0.271 e. The minimum atomic E-state index is -0.199. The van der Waals surface area contributed by atoms with Crippen LogP contribution >= 0.6 is 0 Å². The Balaban J connectivity index is 1.86. The molecule has 5 nitrogen and oxygen atoms in total. The van der Waals surface area contributed by atoms with Crippen molar-refractivity contribution in [1.29, 1.82) is 0 Å². The van der Waals surface area contributed by atoms with E-state index in [1.165, 1.54) is 12.4 Å². The van der Waals surface area contributed by atoms with Crippen LogP contribution in [0.25, 0.3) is 0 Å². The van der Waals surface area contributed by atoms with Crippen molar-refractivity contribution >= 4 is 5.91 Å². The van der Waals surface area contributed by atoms with Gasteiger partial charge in [-0.15, -0.1) is 0 Å². The molecule has 1 N–H and O–H groups in total. The minimum Gasteiger partial charge on any atom is -0.466 e. The fourth-order valence-corrected chi connectivity index (χ4v) is 2.96. The molecule has 21 heavy (non-hydrogen) atoms. The zero-order chi connectivity index (χ0) is 15.0. The maximum atomic E-state index is 12.3. The number of furan rings is 1. The molecule has 0 radical (unpaired) electrons. The summed E-state index contributed by atoms with van der Waals surface area (Å²) in [7, 11) is 0. The number of aromatic nitrogens is 2. The molecule has 0 spiro atoms. The number of carbonyl (C=O) groups is 1. The molecule has 5 heteroatoms. The van der Waals surface area contributed by atoms with Crippen LogP contribution in [0.1, 0.15) is 53.9 Å². The van der Waals surface area contributed by atoms with E-state index in [1.54, 1.807) is 6.20 Å². The summed E-state index contributed by atoms with van der Waals surface area (Å²) in [5.41, 5.74) is 1.52. The van der Waals surface area contributed by atoms with E-state index >= 15 is 0 Å². The summed E-state index contributed by atoms with van der Waals surface area (Å²) in [6.45, 7) is 6.32. The van der Waals surface area contributed by atoms with Crippen molar-refractivity contribution in [3.05, 3.63) is 47.4 Å². The molecule has 0 aliphatic heterocycles. The van der Waals surface area contributed by atoms with Crippen LogP contribution in [-0.4, -0.2) is 15.9 Å². The van der Waals surface area contributed by atoms with Gasteiger partial charge in [0.2, 0.25) is 0 Å². The average molecular weight is 285 g/mol. The standard InChI is InChI=1S/C16H19N3O2/c1-10-6-11-12(7-16(2,3)8-14(11)21-10)19-15(20)13-9-17-4-5-18-13/h4-6,9,12H,7-8H2,1-3H3,(H,19,20). The maximum Gasteiger partial charge on any atom is 0.271 e. The largest absolute Gasteiger partial charge is 0.466 e. The van der Waals surface area contributed by atoms with E-state index in [2.05, 4.69) is 29.1 Å². The highest BCUT2D eigenvalue weighted by Gasteiger charge is 2.35. The lowest BCUT2D eigenvalue weighted by atomic mass is 9.74. The highest BCUT2D eigenvalue weighted by Crippen LogP contribution is 2.42. The molecule has 0 bridgehead atoms. The molecule has 1 aliphatic rings. The molecule has 1 unspecified atom stereocenters. The van der Waals surface area contributed by atoms with Gasteiger partial charge in [0.15, 0.2) is 0 Å². The van der Waals surface area contributed by atoms with Gasteiger partial charge in [0.1, 0.15) is 17.2 Å². The Morgan fingerprint density at radius 3 is 2.95 bits per heavy atom. The van der Waals surface area contributed by atoms with E-state index < -0.39 is 0 Å². The predicted octanol–water partition coefficient (Wildman–Crippen LogP) is 2.82. The third kappa shape index (κ3) is 2.82. The van der Waals surface area contributed by atoms with Crippen LogP contribution in [0, 0.1) is 12.3 Å². The molecular weight excluding hydrogens is 266 g/mol. The lowest BCUT2D eigenvalue weighted by molar-refractivity contribution is 0.0912. The first-order valence-electron chi connectivity index (χ1n) is 7.11. The summed E-state index contributed by atoms with van der Waals surface area (Å²) in [6, 6.07) is 1.97. The predicted molar refractivity (Wildman–Crippen MR) is 77.8 cm³/mol. The Labute approximate surface area is 123 Å². The van der Waals surface area contributed by atoms with E-state index in [4.69, 9.17) is 4.42 Å². The van der Waals surface area contributed by atoms with Gasteiger partial charge in [-0.25, -0.2) is 4.98 Å². The SMILES string of the molecule is Cc1cc2c(o1)CC(C)(C)CC2NC(=O)c1cnccn1. The zero-order valence-corrected chi connectivity index (χ0v) is 12.5. The number of hydrogen-bond donors (Lipinski definition) is 1. The molecule has 2 aromatic rings. The Kier molecular flexibility index (Phi) is 3.27. The topological polar surface area (TPSA) is 68.0 Å². The molecular formula is C16H19N3O2. The van der Waals surface area contributed by atoms with Crippen molar-refractivity contribution in [3.63, 3.8) is 0 Å². The van der Waals surface area contributed by atoms with Crippen molar-refractivity contribution < 1.29 is 9.21 Å². The van der Waals surface area contributed by atoms with E-state index in [-0.39, 0.29) is 17.4 Å². The van der Waals surface area contributed by atoms with Gasteiger partial charge in [-0.2, -0.15) is 0 Å². The third-order valence-corrected chi connectivity index (χ3v) is 3.84. The quantitative estimate of drug-likeness (QED) is 0.921. The summed E-state index contributed by atoms with van der Waals surface area (Å²) >= 11 is 0. The number of rotatable bonds is 2. The summed E-state index contributed by atoms with van der Waals surface area (Å²) < 4.78 is 5.78. The van der Waals surface area contributed by atoms with Crippen molar-refractivity contribution in [3.8, 4) is 0 Å². The second-order valence-corrected chi connectivity index (χ2v) is 6.40. The average Bonchev–Trinajstić information content (AvgIpc) is 2.78. The van der Waals surface area contributed by atoms with E-state index in [9.17, 15) is 4.79 Å². The number of amides is 1. The summed E-state index contributed by atoms with van der Waals surface area (Å²) in [5.74, 6) is 1.67. The van der Waals surface area contributed by atoms with Gasteiger partial charge in [-0.05, 0) is 24.8 Å². The second-order valence-electron chi connectivity index (χ2n) is 6.40. The number of nitrogens with one attached hydrogen (secondary N) is 1. The van der Waals surface area contributed by atoms with Gasteiger partial charge in [0, 0.05) is 24.4 Å². The summed E-state index contributed by atoms with van der Waals surface area (Å²) in [5, 5.41) is 3.06. The Morgan fingerprint density at radius 2 is 2.24 bits per heavy atom. The summed E-state index contributed by atoms with van der Waals surface area (Å²) in [6.07, 6.45) is 6.33. The molecule has 1 aliphatic carbocycles. The van der Waals surface area contributed by atoms with Crippen LogP contribution in [0.15, 0.2) is 29.1 Å². The highest BCUT2D eigenvalue weighted by atomic mass is 16.3. The lowest BCUT2D eigenvalue weighted by Gasteiger charge is -2.34. The van der Waals surface area contributed by atoms with Crippen LogP contribution in [0.2, 0.25) is 0 Å². The molecule has 2 heterocycles. The lowest BCUT2D eigenvalue weighted by Crippen LogP contribution is -2.36. The van der Waals surface area contributed by atoms with Gasteiger partial charge in [0.25, 0.3) is 5.91 Å². The van der Waals surface area contributed by atoms with Crippen LogP contribution in [0.3, 0.4) is 0 Å². The molecule has 0 saturated heterocycles. The molecule has 0 saturated carbocycles. The van der Waals surface area contributed by atoms with Crippen molar-refractivity contribution in [2.24, 2.45) is 5.41 Å². The normalized spacial score (nSPS) is 19.9. The van der Waals surface area contributed by atoms with Crippen LogP contribution in [0.4, 0.5) is 0 Å². The van der Waals surface area contributed by atoms with E-state index in [0.29, 0.717) is 5.69 Å². The molecule has 3 rings (SSSR count). The van der Waals surface area contributed by atoms with E-state index in [1.807, 2.05) is 13.0 Å². The number of hydrogen-bond acceptors (Lipinski definition) is 4. The zero-order valence-electron chi connectivity index (χ0n) is 12.5. The van der Waals surface area contributed by atoms with Gasteiger partial charge >= 0.3 is 0 Å².